The van der Waals surface area contributed by atoms with Crippen molar-refractivity contribution in [3.05, 3.63) is 11.6 Å². The quantitative estimate of drug-likeness (QED) is 0.679. The van der Waals surface area contributed by atoms with Gasteiger partial charge in [0.25, 0.3) is 0 Å². The molecule has 2 aliphatic carbocycles. The standard InChI is InChI=1S/C16H20O5/c1-15-4-3-5-16(2)13(15)12(21-14(16)19)11(18)8-7-20-10(17)6-9(8)15/h6,8,11-13,18H,3-5,7H2,1-2H3. The first-order valence-corrected chi connectivity index (χ1v) is 7.66. The summed E-state index contributed by atoms with van der Waals surface area (Å²) in [5.41, 5.74) is 0.135. The normalized spacial score (nSPS) is 51.5. The monoisotopic (exact) mass is 292 g/mol. The molecule has 1 saturated heterocycles. The molecule has 6 atom stereocenters. The van der Waals surface area contributed by atoms with Crippen molar-refractivity contribution in [2.45, 2.75) is 45.3 Å². The van der Waals surface area contributed by atoms with Crippen molar-refractivity contribution in [2.75, 3.05) is 6.61 Å². The van der Waals surface area contributed by atoms with Crippen LogP contribution in [0.2, 0.25) is 0 Å². The largest absolute Gasteiger partial charge is 0.462 e. The van der Waals surface area contributed by atoms with Crippen molar-refractivity contribution in [1.29, 1.82) is 0 Å². The summed E-state index contributed by atoms with van der Waals surface area (Å²) in [6, 6.07) is 0. The van der Waals surface area contributed by atoms with Crippen molar-refractivity contribution >= 4 is 11.9 Å². The Bertz CT molecular complexity index is 567. The van der Waals surface area contributed by atoms with Gasteiger partial charge in [0.2, 0.25) is 0 Å². The van der Waals surface area contributed by atoms with Crippen LogP contribution in [0, 0.1) is 22.7 Å². The van der Waals surface area contributed by atoms with E-state index >= 15 is 0 Å². The third-order valence-electron chi connectivity index (χ3n) is 6.29. The zero-order chi connectivity index (χ0) is 15.0. The van der Waals surface area contributed by atoms with Gasteiger partial charge in [0.15, 0.2) is 0 Å². The number of aliphatic hydroxyl groups is 1. The van der Waals surface area contributed by atoms with Gasteiger partial charge in [-0.25, -0.2) is 4.79 Å². The number of carbonyl (C=O) groups is 2. The summed E-state index contributed by atoms with van der Waals surface area (Å²) in [7, 11) is 0. The first-order chi connectivity index (χ1) is 9.88. The summed E-state index contributed by atoms with van der Waals surface area (Å²) in [4.78, 5) is 24.1. The van der Waals surface area contributed by atoms with Crippen LogP contribution < -0.4 is 0 Å². The number of ether oxygens (including phenoxy) is 2. The summed E-state index contributed by atoms with van der Waals surface area (Å²) >= 11 is 0. The van der Waals surface area contributed by atoms with Gasteiger partial charge in [-0.3, -0.25) is 4.79 Å². The Balaban J connectivity index is 1.90. The van der Waals surface area contributed by atoms with Crippen molar-refractivity contribution in [3.63, 3.8) is 0 Å². The number of fused-ring (bicyclic) bond motifs is 2. The maximum atomic E-state index is 12.4. The molecular formula is C16H20O5. The molecule has 5 nitrogen and oxygen atoms in total. The molecule has 0 aromatic rings. The molecule has 5 heteroatoms. The molecule has 2 saturated carbocycles. The SMILES string of the molecule is CC12CCCC3(C)C4=CC(=O)OCC4C(O)C(OC1=O)C23. The first-order valence-electron chi connectivity index (χ1n) is 7.66. The van der Waals surface area contributed by atoms with Gasteiger partial charge in [-0.15, -0.1) is 0 Å². The minimum Gasteiger partial charge on any atom is -0.462 e. The first kappa shape index (κ1) is 13.3. The molecular weight excluding hydrogens is 272 g/mol. The van der Waals surface area contributed by atoms with E-state index in [-0.39, 0.29) is 35.8 Å². The topological polar surface area (TPSA) is 72.8 Å². The van der Waals surface area contributed by atoms with Crippen LogP contribution in [0.4, 0.5) is 0 Å². The van der Waals surface area contributed by atoms with Crippen molar-refractivity contribution in [2.24, 2.45) is 22.7 Å². The molecule has 4 rings (SSSR count). The van der Waals surface area contributed by atoms with Crippen LogP contribution in [-0.2, 0) is 19.1 Å². The molecule has 0 radical (unpaired) electrons. The third-order valence-corrected chi connectivity index (χ3v) is 6.29. The minimum atomic E-state index is -0.786. The van der Waals surface area contributed by atoms with E-state index in [2.05, 4.69) is 6.92 Å². The molecule has 21 heavy (non-hydrogen) atoms. The molecule has 0 spiro atoms. The van der Waals surface area contributed by atoms with Crippen LogP contribution >= 0.6 is 0 Å². The number of hydrogen-bond donors (Lipinski definition) is 1. The Labute approximate surface area is 123 Å². The molecule has 0 aromatic carbocycles. The number of cyclic esters (lactones) is 1. The van der Waals surface area contributed by atoms with E-state index in [9.17, 15) is 14.7 Å². The highest BCUT2D eigenvalue weighted by atomic mass is 16.6. The zero-order valence-electron chi connectivity index (χ0n) is 12.3. The molecule has 0 amide bonds. The number of esters is 2. The van der Waals surface area contributed by atoms with Gasteiger partial charge >= 0.3 is 11.9 Å². The van der Waals surface area contributed by atoms with Gasteiger partial charge in [0, 0.05) is 17.9 Å². The Morgan fingerprint density at radius 3 is 2.71 bits per heavy atom. The zero-order valence-corrected chi connectivity index (χ0v) is 12.3. The van der Waals surface area contributed by atoms with E-state index in [1.165, 1.54) is 0 Å². The molecule has 0 bridgehead atoms. The smallest absolute Gasteiger partial charge is 0.330 e. The van der Waals surface area contributed by atoms with E-state index in [1.54, 1.807) is 6.08 Å². The third kappa shape index (κ3) is 1.45. The van der Waals surface area contributed by atoms with Crippen LogP contribution in [0.25, 0.3) is 0 Å². The molecule has 3 fully saturated rings. The second-order valence-corrected chi connectivity index (χ2v) is 7.36. The van der Waals surface area contributed by atoms with Crippen LogP contribution in [-0.4, -0.2) is 35.9 Å². The summed E-state index contributed by atoms with van der Waals surface area (Å²) in [5.74, 6) is -0.850. The average molecular weight is 292 g/mol. The number of carbonyl (C=O) groups excluding carboxylic acids is 2. The Morgan fingerprint density at radius 2 is 1.95 bits per heavy atom. The van der Waals surface area contributed by atoms with E-state index in [0.717, 1.165) is 24.8 Å². The maximum absolute atomic E-state index is 12.4. The maximum Gasteiger partial charge on any atom is 0.330 e. The van der Waals surface area contributed by atoms with Crippen LogP contribution in [0.3, 0.4) is 0 Å². The van der Waals surface area contributed by atoms with Gasteiger partial charge < -0.3 is 14.6 Å². The second-order valence-electron chi connectivity index (χ2n) is 7.36. The van der Waals surface area contributed by atoms with Crippen molar-refractivity contribution < 1.29 is 24.2 Å². The lowest BCUT2D eigenvalue weighted by Gasteiger charge is -2.55. The van der Waals surface area contributed by atoms with E-state index in [0.29, 0.717) is 0 Å². The highest BCUT2D eigenvalue weighted by molar-refractivity contribution is 5.85. The van der Waals surface area contributed by atoms with E-state index < -0.39 is 17.6 Å². The lowest BCUT2D eigenvalue weighted by molar-refractivity contribution is -0.158. The van der Waals surface area contributed by atoms with E-state index in [1.807, 2.05) is 6.92 Å². The lowest BCUT2D eigenvalue weighted by Crippen LogP contribution is -2.59. The Hall–Kier alpha value is -1.36. The van der Waals surface area contributed by atoms with Crippen LogP contribution in [0.1, 0.15) is 33.1 Å². The molecule has 0 aromatic heterocycles. The fourth-order valence-corrected chi connectivity index (χ4v) is 5.35. The molecule has 1 N–H and O–H groups in total. The van der Waals surface area contributed by atoms with Gasteiger partial charge in [-0.2, -0.15) is 0 Å². The highest BCUT2D eigenvalue weighted by Crippen LogP contribution is 2.65. The molecule has 4 aliphatic rings. The second kappa shape index (κ2) is 3.88. The van der Waals surface area contributed by atoms with Crippen molar-refractivity contribution in [1.82, 2.24) is 0 Å². The molecule has 2 aliphatic heterocycles. The summed E-state index contributed by atoms with van der Waals surface area (Å²) < 4.78 is 10.7. The van der Waals surface area contributed by atoms with Crippen LogP contribution in [0.5, 0.6) is 0 Å². The average Bonchev–Trinajstić information content (AvgIpc) is 2.71. The number of rotatable bonds is 0. The summed E-state index contributed by atoms with van der Waals surface area (Å²) in [5, 5.41) is 10.7. The fourth-order valence-electron chi connectivity index (χ4n) is 5.35. The Morgan fingerprint density at radius 1 is 1.24 bits per heavy atom. The van der Waals surface area contributed by atoms with Crippen molar-refractivity contribution in [3.8, 4) is 0 Å². The predicted octanol–water partition coefficient (Wildman–Crippen LogP) is 1.20. The summed E-state index contributed by atoms with van der Waals surface area (Å²) in [6.45, 7) is 4.25. The summed E-state index contributed by atoms with van der Waals surface area (Å²) in [6.07, 6.45) is 2.92. The lowest BCUT2D eigenvalue weighted by atomic mass is 9.47. The highest BCUT2D eigenvalue weighted by Gasteiger charge is 2.69. The minimum absolute atomic E-state index is 0.0605. The molecule has 114 valence electrons. The van der Waals surface area contributed by atoms with Gasteiger partial charge in [0.1, 0.15) is 18.8 Å². The van der Waals surface area contributed by atoms with Gasteiger partial charge in [-0.05, 0) is 30.8 Å². The number of hydrogen-bond acceptors (Lipinski definition) is 5. The van der Waals surface area contributed by atoms with Crippen LogP contribution in [0.15, 0.2) is 11.6 Å². The number of aliphatic hydroxyl groups excluding tert-OH is 1. The predicted molar refractivity (Wildman–Crippen MR) is 72.0 cm³/mol. The fraction of sp³-hybridized carbons (Fsp3) is 0.750. The Kier molecular flexibility index (Phi) is 2.46. The molecule has 2 heterocycles. The van der Waals surface area contributed by atoms with E-state index in [4.69, 9.17) is 9.47 Å². The van der Waals surface area contributed by atoms with Gasteiger partial charge in [0.05, 0.1) is 5.41 Å². The van der Waals surface area contributed by atoms with Gasteiger partial charge in [-0.1, -0.05) is 13.3 Å². The molecule has 6 unspecified atom stereocenters.